The average molecular weight is 337 g/mol. The quantitative estimate of drug-likeness (QED) is 0.564. The standard InChI is InChI=1S/C16H23N3O5/c1-16(2,3)24-15(22)18-10-9-17-14(21)19-12-7-5-11(6-8-12)13(20)23-4/h5-8H,9-10H2,1-4H3,(H,18,22)(H2,17,19,21). The molecule has 0 heterocycles. The number of alkyl carbamates (subject to hydrolysis) is 1. The Morgan fingerprint density at radius 2 is 1.58 bits per heavy atom. The first-order valence-electron chi connectivity index (χ1n) is 7.41. The summed E-state index contributed by atoms with van der Waals surface area (Å²) in [6.45, 7) is 5.78. The fraction of sp³-hybridized carbons (Fsp3) is 0.438. The Hall–Kier alpha value is -2.77. The molecule has 0 saturated carbocycles. The first-order valence-corrected chi connectivity index (χ1v) is 7.41. The highest BCUT2D eigenvalue weighted by atomic mass is 16.6. The summed E-state index contributed by atoms with van der Waals surface area (Å²) in [5.74, 6) is -0.445. The minimum Gasteiger partial charge on any atom is -0.465 e. The highest BCUT2D eigenvalue weighted by Gasteiger charge is 2.15. The molecular weight excluding hydrogens is 314 g/mol. The molecule has 8 heteroatoms. The molecule has 0 aromatic heterocycles. The van der Waals surface area contributed by atoms with Crippen molar-refractivity contribution in [2.75, 3.05) is 25.5 Å². The molecule has 3 N–H and O–H groups in total. The number of hydrogen-bond donors (Lipinski definition) is 3. The van der Waals surface area contributed by atoms with E-state index in [0.717, 1.165) is 0 Å². The third-order valence-electron chi connectivity index (χ3n) is 2.64. The molecule has 1 rings (SSSR count). The van der Waals surface area contributed by atoms with Crippen LogP contribution in [0.3, 0.4) is 0 Å². The van der Waals surface area contributed by atoms with Crippen LogP contribution in [0.15, 0.2) is 24.3 Å². The predicted molar refractivity (Wildman–Crippen MR) is 89.0 cm³/mol. The fourth-order valence-corrected chi connectivity index (χ4v) is 1.64. The maximum Gasteiger partial charge on any atom is 0.407 e. The number of carbonyl (C=O) groups excluding carboxylic acids is 3. The molecule has 0 aliphatic heterocycles. The Kier molecular flexibility index (Phi) is 7.03. The van der Waals surface area contributed by atoms with Gasteiger partial charge in [-0.05, 0) is 45.0 Å². The van der Waals surface area contributed by atoms with Gasteiger partial charge in [0, 0.05) is 18.8 Å². The zero-order chi connectivity index (χ0) is 18.2. The van der Waals surface area contributed by atoms with Gasteiger partial charge in [-0.25, -0.2) is 14.4 Å². The Balaban J connectivity index is 2.29. The summed E-state index contributed by atoms with van der Waals surface area (Å²) < 4.78 is 9.65. The summed E-state index contributed by atoms with van der Waals surface area (Å²) in [5.41, 5.74) is 0.357. The molecule has 0 atom stereocenters. The zero-order valence-electron chi connectivity index (χ0n) is 14.3. The van der Waals surface area contributed by atoms with Crippen LogP contribution in [0, 0.1) is 0 Å². The molecule has 24 heavy (non-hydrogen) atoms. The summed E-state index contributed by atoms with van der Waals surface area (Å²) in [6.07, 6.45) is -0.539. The molecule has 1 aromatic carbocycles. The summed E-state index contributed by atoms with van der Waals surface area (Å²) in [6, 6.07) is 5.85. The minimum atomic E-state index is -0.564. The summed E-state index contributed by atoms with van der Waals surface area (Å²) in [4.78, 5) is 34.4. The second-order valence-corrected chi connectivity index (χ2v) is 5.88. The molecule has 132 valence electrons. The van der Waals surface area contributed by atoms with Gasteiger partial charge in [-0.3, -0.25) is 0 Å². The highest BCUT2D eigenvalue weighted by molar-refractivity contribution is 5.92. The molecule has 0 radical (unpaired) electrons. The molecule has 0 spiro atoms. The lowest BCUT2D eigenvalue weighted by atomic mass is 10.2. The molecule has 8 nitrogen and oxygen atoms in total. The molecule has 1 aromatic rings. The minimum absolute atomic E-state index is 0.240. The lowest BCUT2D eigenvalue weighted by Gasteiger charge is -2.19. The third-order valence-corrected chi connectivity index (χ3v) is 2.64. The Labute approximate surface area is 140 Å². The van der Waals surface area contributed by atoms with E-state index in [1.165, 1.54) is 7.11 Å². The van der Waals surface area contributed by atoms with E-state index in [9.17, 15) is 14.4 Å². The van der Waals surface area contributed by atoms with Crippen LogP contribution >= 0.6 is 0 Å². The molecule has 0 aliphatic rings. The Morgan fingerprint density at radius 3 is 2.12 bits per heavy atom. The molecule has 3 amide bonds. The smallest absolute Gasteiger partial charge is 0.407 e. The Morgan fingerprint density at radius 1 is 1.00 bits per heavy atom. The zero-order valence-corrected chi connectivity index (χ0v) is 14.3. The van der Waals surface area contributed by atoms with E-state index < -0.39 is 23.7 Å². The van der Waals surface area contributed by atoms with Crippen LogP contribution in [0.4, 0.5) is 15.3 Å². The number of hydrogen-bond acceptors (Lipinski definition) is 5. The number of urea groups is 1. The monoisotopic (exact) mass is 337 g/mol. The summed E-state index contributed by atoms with van der Waals surface area (Å²) in [7, 11) is 1.30. The number of nitrogens with one attached hydrogen (secondary N) is 3. The second kappa shape index (κ2) is 8.76. The van der Waals surface area contributed by atoms with Gasteiger partial charge in [-0.15, -0.1) is 0 Å². The van der Waals surface area contributed by atoms with Crippen molar-refractivity contribution in [1.82, 2.24) is 10.6 Å². The fourth-order valence-electron chi connectivity index (χ4n) is 1.64. The molecular formula is C16H23N3O5. The number of amides is 3. The summed E-state index contributed by atoms with van der Waals surface area (Å²) in [5, 5.41) is 7.72. The van der Waals surface area contributed by atoms with Gasteiger partial charge < -0.3 is 25.4 Å². The lowest BCUT2D eigenvalue weighted by molar-refractivity contribution is 0.0527. The number of rotatable bonds is 5. The van der Waals surface area contributed by atoms with Gasteiger partial charge in [-0.2, -0.15) is 0 Å². The number of ether oxygens (including phenoxy) is 2. The highest BCUT2D eigenvalue weighted by Crippen LogP contribution is 2.10. The number of methoxy groups -OCH3 is 1. The van der Waals surface area contributed by atoms with E-state index in [4.69, 9.17) is 4.74 Å². The third kappa shape index (κ3) is 7.48. The van der Waals surface area contributed by atoms with E-state index >= 15 is 0 Å². The number of anilines is 1. The van der Waals surface area contributed by atoms with E-state index in [1.54, 1.807) is 45.0 Å². The van der Waals surface area contributed by atoms with Gasteiger partial charge in [0.05, 0.1) is 12.7 Å². The topological polar surface area (TPSA) is 106 Å². The van der Waals surface area contributed by atoms with Crippen LogP contribution in [0.25, 0.3) is 0 Å². The second-order valence-electron chi connectivity index (χ2n) is 5.88. The van der Waals surface area contributed by atoms with Crippen molar-refractivity contribution < 1.29 is 23.9 Å². The Bertz CT molecular complexity index is 578. The molecule has 0 unspecified atom stereocenters. The van der Waals surface area contributed by atoms with Crippen molar-refractivity contribution in [1.29, 1.82) is 0 Å². The van der Waals surface area contributed by atoms with E-state index in [1.807, 2.05) is 0 Å². The molecule has 0 saturated heterocycles. The summed E-state index contributed by atoms with van der Waals surface area (Å²) >= 11 is 0. The van der Waals surface area contributed by atoms with Gasteiger partial charge in [0.15, 0.2) is 0 Å². The van der Waals surface area contributed by atoms with Crippen LogP contribution in [0.5, 0.6) is 0 Å². The van der Waals surface area contributed by atoms with Crippen molar-refractivity contribution in [2.45, 2.75) is 26.4 Å². The van der Waals surface area contributed by atoms with E-state index in [-0.39, 0.29) is 13.1 Å². The molecule has 0 bridgehead atoms. The van der Waals surface area contributed by atoms with Crippen molar-refractivity contribution in [3.05, 3.63) is 29.8 Å². The van der Waals surface area contributed by atoms with Crippen LogP contribution in [-0.2, 0) is 9.47 Å². The van der Waals surface area contributed by atoms with Gasteiger partial charge in [0.25, 0.3) is 0 Å². The van der Waals surface area contributed by atoms with E-state index in [2.05, 4.69) is 20.7 Å². The van der Waals surface area contributed by atoms with Crippen LogP contribution in [0.2, 0.25) is 0 Å². The normalized spacial score (nSPS) is 10.5. The van der Waals surface area contributed by atoms with Gasteiger partial charge in [0.2, 0.25) is 0 Å². The SMILES string of the molecule is COC(=O)c1ccc(NC(=O)NCCNC(=O)OC(C)(C)C)cc1. The first kappa shape index (κ1) is 19.3. The average Bonchev–Trinajstić information content (AvgIpc) is 2.50. The molecule has 0 fully saturated rings. The van der Waals surface area contributed by atoms with Crippen molar-refractivity contribution >= 4 is 23.8 Å². The van der Waals surface area contributed by atoms with E-state index in [0.29, 0.717) is 11.3 Å². The largest absolute Gasteiger partial charge is 0.465 e. The number of benzene rings is 1. The van der Waals surface area contributed by atoms with Gasteiger partial charge in [-0.1, -0.05) is 0 Å². The maximum atomic E-state index is 11.7. The van der Waals surface area contributed by atoms with Crippen molar-refractivity contribution in [2.24, 2.45) is 0 Å². The van der Waals surface area contributed by atoms with Crippen molar-refractivity contribution in [3.63, 3.8) is 0 Å². The first-order chi connectivity index (χ1) is 11.2. The number of carbonyl (C=O) groups is 3. The van der Waals surface area contributed by atoms with Crippen molar-refractivity contribution in [3.8, 4) is 0 Å². The maximum absolute atomic E-state index is 11.7. The van der Waals surface area contributed by atoms with Gasteiger partial charge in [0.1, 0.15) is 5.60 Å². The van der Waals surface area contributed by atoms with Crippen LogP contribution in [0.1, 0.15) is 31.1 Å². The van der Waals surface area contributed by atoms with Crippen LogP contribution < -0.4 is 16.0 Å². The lowest BCUT2D eigenvalue weighted by Crippen LogP contribution is -2.39. The van der Waals surface area contributed by atoms with Gasteiger partial charge >= 0.3 is 18.1 Å². The number of esters is 1. The predicted octanol–water partition coefficient (Wildman–Crippen LogP) is 2.12. The molecule has 0 aliphatic carbocycles. The van der Waals surface area contributed by atoms with Crippen LogP contribution in [-0.4, -0.2) is 43.9 Å².